The van der Waals surface area contributed by atoms with Gasteiger partial charge in [0.05, 0.1) is 12.0 Å². The number of anilines is 1. The van der Waals surface area contributed by atoms with Gasteiger partial charge in [-0.15, -0.1) is 0 Å². The number of amides is 2. The predicted molar refractivity (Wildman–Crippen MR) is 146 cm³/mol. The molecule has 40 heavy (non-hydrogen) atoms. The number of aliphatic hydroxyl groups is 1. The molecule has 3 aliphatic heterocycles. The highest BCUT2D eigenvalue weighted by Crippen LogP contribution is 2.36. The first-order valence-electron chi connectivity index (χ1n) is 13.8. The molecule has 0 radical (unpaired) electrons. The summed E-state index contributed by atoms with van der Waals surface area (Å²) in [4.78, 5) is 27.4. The molecule has 2 amide bonds. The number of aliphatic hydroxyl groups excluding tert-OH is 1. The van der Waals surface area contributed by atoms with Gasteiger partial charge in [0.2, 0.25) is 5.91 Å². The van der Waals surface area contributed by atoms with Crippen molar-refractivity contribution >= 4 is 29.1 Å². The molecule has 11 heteroatoms. The first-order valence-corrected chi connectivity index (χ1v) is 14.2. The number of hydrogen-bond acceptors (Lipinski definition) is 5. The van der Waals surface area contributed by atoms with Crippen molar-refractivity contribution in [1.29, 1.82) is 0 Å². The van der Waals surface area contributed by atoms with Crippen LogP contribution in [0.5, 0.6) is 0 Å². The second-order valence-electron chi connectivity index (χ2n) is 11.0. The summed E-state index contributed by atoms with van der Waals surface area (Å²) in [6.07, 6.45) is -2.22. The van der Waals surface area contributed by atoms with E-state index in [1.807, 2.05) is 11.1 Å². The minimum atomic E-state index is -4.22. The van der Waals surface area contributed by atoms with Gasteiger partial charge in [-0.2, -0.15) is 13.2 Å². The normalized spacial score (nSPS) is 21.8. The number of nitrogens with two attached hydrogens (primary N) is 1. The zero-order chi connectivity index (χ0) is 28.6. The predicted octanol–water partition coefficient (Wildman–Crippen LogP) is 4.77. The summed E-state index contributed by atoms with van der Waals surface area (Å²) in [5.74, 6) is -1.80. The SMILES string of the molecule is Nc1cc(-c2ccc(C(=O)N3CCC(C(F)(F)F)CC3)cc2)cc(Cl)c1C[C@@H]1CCN(N2CCC(O)CC2)C1=O. The number of likely N-dealkylation sites (tertiary alicyclic amines) is 1. The second-order valence-corrected chi connectivity index (χ2v) is 11.5. The molecule has 0 bridgehead atoms. The van der Waals surface area contributed by atoms with Crippen molar-refractivity contribution < 1.29 is 27.9 Å². The number of nitrogen functional groups attached to an aromatic ring is 1. The van der Waals surface area contributed by atoms with Crippen LogP contribution in [0.4, 0.5) is 18.9 Å². The standard InChI is InChI=1S/C29H34ClF3N4O3/c30-25-16-21(18-1-3-19(4-2-18)27(39)35-10-6-22(7-11-35)29(31,32)33)17-26(34)24(25)15-20-5-14-37(28(20)40)36-12-8-23(38)9-13-36/h1-4,16-17,20,22-23,38H,5-15,34H2/t20-/m0/s1. The topological polar surface area (TPSA) is 90.1 Å². The third-order valence-electron chi connectivity index (χ3n) is 8.47. The first-order chi connectivity index (χ1) is 19.0. The van der Waals surface area contributed by atoms with Crippen molar-refractivity contribution in [2.45, 2.75) is 50.8 Å². The van der Waals surface area contributed by atoms with Gasteiger partial charge < -0.3 is 15.7 Å². The summed E-state index contributed by atoms with van der Waals surface area (Å²) in [7, 11) is 0. The van der Waals surface area contributed by atoms with Crippen molar-refractivity contribution in [2.75, 3.05) is 38.5 Å². The molecule has 3 saturated heterocycles. The Kier molecular flexibility index (Phi) is 8.31. The molecule has 0 aliphatic carbocycles. The van der Waals surface area contributed by atoms with E-state index in [2.05, 4.69) is 0 Å². The van der Waals surface area contributed by atoms with Crippen LogP contribution >= 0.6 is 11.6 Å². The summed E-state index contributed by atoms with van der Waals surface area (Å²) < 4.78 is 38.8. The van der Waals surface area contributed by atoms with Crippen molar-refractivity contribution in [1.82, 2.24) is 14.9 Å². The van der Waals surface area contributed by atoms with Gasteiger partial charge in [-0.05, 0) is 79.5 Å². The lowest BCUT2D eigenvalue weighted by Gasteiger charge is -2.36. The van der Waals surface area contributed by atoms with Gasteiger partial charge >= 0.3 is 6.18 Å². The van der Waals surface area contributed by atoms with Crippen LogP contribution in [0, 0.1) is 11.8 Å². The molecule has 3 fully saturated rings. The number of benzene rings is 2. The Labute approximate surface area is 236 Å². The van der Waals surface area contributed by atoms with Gasteiger partial charge in [-0.1, -0.05) is 23.7 Å². The van der Waals surface area contributed by atoms with Crippen LogP contribution in [0.2, 0.25) is 5.02 Å². The number of hydrazine groups is 1. The summed E-state index contributed by atoms with van der Waals surface area (Å²) in [5.41, 5.74) is 9.60. The number of rotatable bonds is 5. The third-order valence-corrected chi connectivity index (χ3v) is 8.80. The van der Waals surface area contributed by atoms with Crippen molar-refractivity contribution in [3.05, 3.63) is 52.5 Å². The fraction of sp³-hybridized carbons (Fsp3) is 0.517. The van der Waals surface area contributed by atoms with E-state index in [1.54, 1.807) is 35.3 Å². The molecule has 2 aromatic rings. The lowest BCUT2D eigenvalue weighted by Crippen LogP contribution is -2.49. The van der Waals surface area contributed by atoms with E-state index in [9.17, 15) is 27.9 Å². The van der Waals surface area contributed by atoms with Gasteiger partial charge in [0, 0.05) is 54.9 Å². The Balaban J connectivity index is 1.22. The quantitative estimate of drug-likeness (QED) is 0.499. The maximum absolute atomic E-state index is 13.1. The number of nitrogens with zero attached hydrogens (tertiary/aromatic N) is 3. The average molecular weight is 579 g/mol. The molecule has 3 heterocycles. The molecule has 0 unspecified atom stereocenters. The fourth-order valence-electron chi connectivity index (χ4n) is 5.97. The van der Waals surface area contributed by atoms with Crippen LogP contribution in [0.1, 0.15) is 48.0 Å². The summed E-state index contributed by atoms with van der Waals surface area (Å²) in [6.45, 7) is 2.14. The number of carbonyl (C=O) groups excluding carboxylic acids is 2. The fourth-order valence-corrected chi connectivity index (χ4v) is 6.27. The maximum atomic E-state index is 13.1. The van der Waals surface area contributed by atoms with Crippen LogP contribution in [0.25, 0.3) is 11.1 Å². The molecule has 0 aromatic heterocycles. The number of piperidine rings is 2. The molecule has 3 aliphatic rings. The smallest absolute Gasteiger partial charge is 0.391 e. The highest BCUT2D eigenvalue weighted by Gasteiger charge is 2.42. The summed E-state index contributed by atoms with van der Waals surface area (Å²) >= 11 is 6.65. The van der Waals surface area contributed by atoms with E-state index in [-0.39, 0.29) is 49.8 Å². The van der Waals surface area contributed by atoms with Crippen LogP contribution in [0.3, 0.4) is 0 Å². The van der Waals surface area contributed by atoms with Gasteiger partial charge in [-0.3, -0.25) is 14.6 Å². The van der Waals surface area contributed by atoms with Gasteiger partial charge in [-0.25, -0.2) is 5.01 Å². The highest BCUT2D eigenvalue weighted by atomic mass is 35.5. The molecule has 1 atom stereocenters. The van der Waals surface area contributed by atoms with Gasteiger partial charge in [0.1, 0.15) is 0 Å². The zero-order valence-corrected chi connectivity index (χ0v) is 22.9. The maximum Gasteiger partial charge on any atom is 0.391 e. The number of hydrogen-bond donors (Lipinski definition) is 2. The first kappa shape index (κ1) is 28.7. The number of alkyl halides is 3. The molecular formula is C29H34ClF3N4O3. The Morgan fingerprint density at radius 1 is 0.950 bits per heavy atom. The van der Waals surface area contributed by atoms with Crippen LogP contribution < -0.4 is 5.73 Å². The van der Waals surface area contributed by atoms with E-state index >= 15 is 0 Å². The molecule has 7 nitrogen and oxygen atoms in total. The second kappa shape index (κ2) is 11.6. The minimum Gasteiger partial charge on any atom is -0.398 e. The Bertz CT molecular complexity index is 1220. The van der Waals surface area contributed by atoms with Crippen molar-refractivity contribution in [3.63, 3.8) is 0 Å². The summed E-state index contributed by atoms with van der Waals surface area (Å²) in [5, 5.41) is 14.1. The van der Waals surface area contributed by atoms with Crippen molar-refractivity contribution in [2.24, 2.45) is 11.8 Å². The molecule has 216 valence electrons. The Hall–Kier alpha value is -2.82. The minimum absolute atomic E-state index is 0.0545. The Morgan fingerprint density at radius 2 is 1.60 bits per heavy atom. The molecule has 3 N–H and O–H groups in total. The molecule has 0 saturated carbocycles. The van der Waals surface area contributed by atoms with E-state index < -0.39 is 12.1 Å². The number of carbonyl (C=O) groups is 2. The third kappa shape index (κ3) is 6.09. The van der Waals surface area contributed by atoms with E-state index in [4.69, 9.17) is 17.3 Å². The zero-order valence-electron chi connectivity index (χ0n) is 22.2. The molecule has 0 spiro atoms. The largest absolute Gasteiger partial charge is 0.398 e. The highest BCUT2D eigenvalue weighted by molar-refractivity contribution is 6.32. The van der Waals surface area contributed by atoms with E-state index in [0.29, 0.717) is 61.6 Å². The van der Waals surface area contributed by atoms with Crippen LogP contribution in [0.15, 0.2) is 36.4 Å². The number of halogens is 4. The molecule has 5 rings (SSSR count). The average Bonchev–Trinajstić information content (AvgIpc) is 3.30. The molecule has 2 aromatic carbocycles. The molecular weight excluding hydrogens is 545 g/mol. The van der Waals surface area contributed by atoms with Crippen molar-refractivity contribution in [3.8, 4) is 11.1 Å². The van der Waals surface area contributed by atoms with Gasteiger partial charge in [0.15, 0.2) is 0 Å². The van der Waals surface area contributed by atoms with Crippen LogP contribution in [-0.4, -0.2) is 76.8 Å². The monoisotopic (exact) mass is 578 g/mol. The van der Waals surface area contributed by atoms with Crippen LogP contribution in [-0.2, 0) is 11.2 Å². The van der Waals surface area contributed by atoms with Gasteiger partial charge in [0.25, 0.3) is 5.91 Å². The summed E-state index contributed by atoms with van der Waals surface area (Å²) in [6, 6.07) is 10.5. The Morgan fingerprint density at radius 3 is 2.20 bits per heavy atom. The van der Waals surface area contributed by atoms with E-state index in [1.165, 1.54) is 4.90 Å². The van der Waals surface area contributed by atoms with E-state index in [0.717, 1.165) is 16.7 Å². The lowest BCUT2D eigenvalue weighted by molar-refractivity contribution is -0.183. The lowest BCUT2D eigenvalue weighted by atomic mass is 9.94.